The molecule has 0 bridgehead atoms. The van der Waals surface area contributed by atoms with E-state index in [1.807, 2.05) is 0 Å². The van der Waals surface area contributed by atoms with Crippen LogP contribution in [0.4, 0.5) is 5.82 Å². The van der Waals surface area contributed by atoms with E-state index in [4.69, 9.17) is 9.72 Å². The maximum Gasteiger partial charge on any atom is 0.326 e. The monoisotopic (exact) mass is 429 g/mol. The lowest BCUT2D eigenvalue weighted by atomic mass is 9.79. The number of hydrogen-bond donors (Lipinski definition) is 3. The first kappa shape index (κ1) is 22.1. The van der Waals surface area contributed by atoms with Gasteiger partial charge in [-0.3, -0.25) is 4.79 Å². The van der Waals surface area contributed by atoms with Crippen molar-refractivity contribution in [1.29, 1.82) is 0 Å². The Balaban J connectivity index is 1.10. The molecule has 7 heteroatoms. The van der Waals surface area contributed by atoms with Crippen LogP contribution in [0.25, 0.3) is 0 Å². The predicted molar refractivity (Wildman–Crippen MR) is 118 cm³/mol. The molecule has 1 atom stereocenters. The standard InChI is InChI=1S/C24H35N3O4/c28-22(15-16-3-1-4-16)27-21(24(29)30)10-12-31-20-13-17(14-20)6-8-19-9-7-18-5-2-11-25-23(18)26-19/h7,9,16-17,20-21H,1-6,8,10-15H2,(H,25,26)(H,27,28)(H,29,30)/t17?,20?,21-/m0/s1. The van der Waals surface area contributed by atoms with E-state index in [1.54, 1.807) is 0 Å². The molecule has 2 fully saturated rings. The second-order valence-corrected chi connectivity index (χ2v) is 9.46. The summed E-state index contributed by atoms with van der Waals surface area (Å²) in [5.41, 5.74) is 2.48. The van der Waals surface area contributed by atoms with E-state index in [1.165, 1.54) is 18.4 Å². The third-order valence-electron chi connectivity index (χ3n) is 7.05. The van der Waals surface area contributed by atoms with Gasteiger partial charge in [-0.05, 0) is 74.8 Å². The van der Waals surface area contributed by atoms with E-state index in [-0.39, 0.29) is 12.0 Å². The van der Waals surface area contributed by atoms with Crippen molar-refractivity contribution >= 4 is 17.7 Å². The highest BCUT2D eigenvalue weighted by Crippen LogP contribution is 2.34. The number of rotatable bonds is 11. The summed E-state index contributed by atoms with van der Waals surface area (Å²) in [6, 6.07) is 3.51. The SMILES string of the molecule is O=C(CC1CCC1)N[C@@H](CCOC1CC(CCc2ccc3c(n2)NCCC3)C1)C(=O)O. The molecule has 4 rings (SSSR count). The quantitative estimate of drug-likeness (QED) is 0.499. The average molecular weight is 430 g/mol. The Morgan fingerprint density at radius 2 is 2.06 bits per heavy atom. The molecular weight excluding hydrogens is 394 g/mol. The maximum absolute atomic E-state index is 12.0. The molecule has 2 saturated carbocycles. The van der Waals surface area contributed by atoms with Crippen LogP contribution in [0.3, 0.4) is 0 Å². The fraction of sp³-hybridized carbons (Fsp3) is 0.708. The van der Waals surface area contributed by atoms with E-state index in [2.05, 4.69) is 22.8 Å². The topological polar surface area (TPSA) is 101 Å². The number of aliphatic carboxylic acids is 1. The van der Waals surface area contributed by atoms with Crippen LogP contribution in [0.15, 0.2) is 12.1 Å². The van der Waals surface area contributed by atoms with Crippen molar-refractivity contribution in [3.05, 3.63) is 23.4 Å². The van der Waals surface area contributed by atoms with Gasteiger partial charge in [0.1, 0.15) is 11.9 Å². The number of aromatic nitrogens is 1. The van der Waals surface area contributed by atoms with Gasteiger partial charge >= 0.3 is 5.97 Å². The first-order chi connectivity index (χ1) is 15.1. The summed E-state index contributed by atoms with van der Waals surface area (Å²) < 4.78 is 5.87. The fourth-order valence-corrected chi connectivity index (χ4v) is 4.73. The van der Waals surface area contributed by atoms with E-state index in [0.29, 0.717) is 31.3 Å². The predicted octanol–water partition coefficient (Wildman–Crippen LogP) is 3.32. The lowest BCUT2D eigenvalue weighted by Gasteiger charge is -2.35. The third kappa shape index (κ3) is 6.19. The Labute approximate surface area is 184 Å². The summed E-state index contributed by atoms with van der Waals surface area (Å²) in [5, 5.41) is 15.4. The van der Waals surface area contributed by atoms with Crippen molar-refractivity contribution in [2.45, 2.75) is 82.8 Å². The number of aryl methyl sites for hydroxylation is 2. The zero-order chi connectivity index (χ0) is 21.6. The van der Waals surface area contributed by atoms with Gasteiger partial charge in [-0.1, -0.05) is 12.5 Å². The molecule has 0 spiro atoms. The number of anilines is 1. The number of pyridine rings is 1. The van der Waals surface area contributed by atoms with Crippen LogP contribution < -0.4 is 10.6 Å². The van der Waals surface area contributed by atoms with Gasteiger partial charge in [0, 0.05) is 31.7 Å². The second-order valence-electron chi connectivity index (χ2n) is 9.46. The van der Waals surface area contributed by atoms with Gasteiger partial charge in [-0.2, -0.15) is 0 Å². The van der Waals surface area contributed by atoms with Gasteiger partial charge in [0.05, 0.1) is 6.10 Å². The Kier molecular flexibility index (Phi) is 7.43. The van der Waals surface area contributed by atoms with Crippen LogP contribution in [0, 0.1) is 11.8 Å². The molecule has 0 unspecified atom stereocenters. The highest BCUT2D eigenvalue weighted by molar-refractivity contribution is 5.83. The Morgan fingerprint density at radius 1 is 1.23 bits per heavy atom. The molecule has 0 radical (unpaired) electrons. The van der Waals surface area contributed by atoms with Crippen molar-refractivity contribution < 1.29 is 19.4 Å². The van der Waals surface area contributed by atoms with Gasteiger partial charge in [-0.25, -0.2) is 9.78 Å². The van der Waals surface area contributed by atoms with Crippen LogP contribution in [0.5, 0.6) is 0 Å². The highest BCUT2D eigenvalue weighted by atomic mass is 16.5. The lowest BCUT2D eigenvalue weighted by molar-refractivity contribution is -0.143. The minimum absolute atomic E-state index is 0.146. The summed E-state index contributed by atoms with van der Waals surface area (Å²) >= 11 is 0. The van der Waals surface area contributed by atoms with Crippen LogP contribution >= 0.6 is 0 Å². The first-order valence-electron chi connectivity index (χ1n) is 11.9. The van der Waals surface area contributed by atoms with Crippen molar-refractivity contribution in [3.63, 3.8) is 0 Å². The van der Waals surface area contributed by atoms with Crippen molar-refractivity contribution in [2.24, 2.45) is 11.8 Å². The van der Waals surface area contributed by atoms with Gasteiger partial charge in [0.25, 0.3) is 0 Å². The average Bonchev–Trinajstić information content (AvgIpc) is 2.70. The van der Waals surface area contributed by atoms with Crippen molar-refractivity contribution in [3.8, 4) is 0 Å². The summed E-state index contributed by atoms with van der Waals surface area (Å²) in [7, 11) is 0. The third-order valence-corrected chi connectivity index (χ3v) is 7.05. The number of amides is 1. The smallest absolute Gasteiger partial charge is 0.326 e. The number of carboxylic acid groups (broad SMARTS) is 1. The van der Waals surface area contributed by atoms with Crippen molar-refractivity contribution in [2.75, 3.05) is 18.5 Å². The minimum Gasteiger partial charge on any atom is -0.480 e. The molecule has 2 aliphatic carbocycles. The van der Waals surface area contributed by atoms with E-state index >= 15 is 0 Å². The number of nitrogens with zero attached hydrogens (tertiary/aromatic N) is 1. The summed E-state index contributed by atoms with van der Waals surface area (Å²) in [4.78, 5) is 28.2. The summed E-state index contributed by atoms with van der Waals surface area (Å²) in [6.07, 6.45) is 10.8. The number of carboxylic acids is 1. The zero-order valence-corrected chi connectivity index (χ0v) is 18.3. The van der Waals surface area contributed by atoms with Crippen molar-refractivity contribution in [1.82, 2.24) is 10.3 Å². The molecule has 1 amide bonds. The Bertz CT molecular complexity index is 774. The zero-order valence-electron chi connectivity index (χ0n) is 18.3. The largest absolute Gasteiger partial charge is 0.480 e. The number of ether oxygens (including phenoxy) is 1. The molecule has 170 valence electrons. The van der Waals surface area contributed by atoms with E-state index < -0.39 is 12.0 Å². The van der Waals surface area contributed by atoms with Crippen LogP contribution in [-0.4, -0.2) is 47.3 Å². The molecule has 3 aliphatic rings. The van der Waals surface area contributed by atoms with Gasteiger partial charge < -0.3 is 20.5 Å². The number of fused-ring (bicyclic) bond motifs is 1. The molecule has 1 aliphatic heterocycles. The Morgan fingerprint density at radius 3 is 2.81 bits per heavy atom. The van der Waals surface area contributed by atoms with Gasteiger partial charge in [0.15, 0.2) is 0 Å². The minimum atomic E-state index is -0.982. The number of nitrogens with one attached hydrogen (secondary N) is 2. The second kappa shape index (κ2) is 10.4. The summed E-state index contributed by atoms with van der Waals surface area (Å²) in [6.45, 7) is 1.38. The molecule has 0 aromatic carbocycles. The normalized spacial score (nSPS) is 23.6. The molecule has 31 heavy (non-hydrogen) atoms. The molecular formula is C24H35N3O4. The molecule has 2 heterocycles. The molecule has 0 saturated heterocycles. The first-order valence-corrected chi connectivity index (χ1v) is 11.9. The van der Waals surface area contributed by atoms with E-state index in [9.17, 15) is 14.7 Å². The molecule has 3 N–H and O–H groups in total. The van der Waals surface area contributed by atoms with Gasteiger partial charge in [0.2, 0.25) is 5.91 Å². The number of carbonyl (C=O) groups is 2. The fourth-order valence-electron chi connectivity index (χ4n) is 4.73. The van der Waals surface area contributed by atoms with Crippen LogP contribution in [-0.2, 0) is 27.2 Å². The van der Waals surface area contributed by atoms with Crippen LogP contribution in [0.2, 0.25) is 0 Å². The Hall–Kier alpha value is -2.15. The van der Waals surface area contributed by atoms with Gasteiger partial charge in [-0.15, -0.1) is 0 Å². The number of hydrogen-bond acceptors (Lipinski definition) is 5. The molecule has 7 nitrogen and oxygen atoms in total. The lowest BCUT2D eigenvalue weighted by Crippen LogP contribution is -2.43. The summed E-state index contributed by atoms with van der Waals surface area (Å²) in [5.74, 6) is 1.01. The van der Waals surface area contributed by atoms with E-state index in [0.717, 1.165) is 63.0 Å². The van der Waals surface area contributed by atoms with Crippen LogP contribution in [0.1, 0.15) is 69.0 Å². The number of carbonyl (C=O) groups excluding carboxylic acids is 1. The maximum atomic E-state index is 12.0. The molecule has 1 aromatic heterocycles. The highest BCUT2D eigenvalue weighted by Gasteiger charge is 2.30. The molecule has 1 aromatic rings.